The summed E-state index contributed by atoms with van der Waals surface area (Å²) < 4.78 is 5.85. The molecule has 2 fully saturated rings. The molecule has 120 valence electrons. The van der Waals surface area contributed by atoms with Crippen molar-refractivity contribution in [2.45, 2.75) is 44.9 Å². The van der Waals surface area contributed by atoms with Gasteiger partial charge in [-0.05, 0) is 43.7 Å². The Balaban J connectivity index is 1.41. The topological polar surface area (TPSA) is 29.5 Å². The van der Waals surface area contributed by atoms with Crippen molar-refractivity contribution in [3.63, 3.8) is 0 Å². The van der Waals surface area contributed by atoms with Crippen molar-refractivity contribution in [3.05, 3.63) is 30.3 Å². The van der Waals surface area contributed by atoms with Gasteiger partial charge in [-0.2, -0.15) is 0 Å². The first-order valence-electron chi connectivity index (χ1n) is 8.79. The maximum Gasteiger partial charge on any atom is 0.225 e. The molecule has 1 aromatic rings. The number of amides is 1. The Bertz CT molecular complexity index is 460. The third-order valence-electron chi connectivity index (χ3n) is 5.11. The fourth-order valence-electron chi connectivity index (χ4n) is 3.66. The number of piperidine rings is 1. The van der Waals surface area contributed by atoms with Crippen LogP contribution in [0.15, 0.2) is 30.3 Å². The van der Waals surface area contributed by atoms with Gasteiger partial charge in [-0.15, -0.1) is 0 Å². The van der Waals surface area contributed by atoms with Crippen LogP contribution in [0.5, 0.6) is 5.75 Å². The molecule has 1 aromatic carbocycles. The zero-order valence-electron chi connectivity index (χ0n) is 13.4. The molecule has 1 amide bonds. The van der Waals surface area contributed by atoms with Gasteiger partial charge in [-0.1, -0.05) is 37.5 Å². The Morgan fingerprint density at radius 1 is 1.00 bits per heavy atom. The van der Waals surface area contributed by atoms with Crippen molar-refractivity contribution < 1.29 is 9.53 Å². The van der Waals surface area contributed by atoms with Crippen LogP contribution in [0.1, 0.15) is 44.9 Å². The maximum absolute atomic E-state index is 12.5. The van der Waals surface area contributed by atoms with E-state index in [1.165, 1.54) is 19.3 Å². The molecule has 2 aliphatic rings. The number of nitrogens with zero attached hydrogens (tertiary/aromatic N) is 1. The summed E-state index contributed by atoms with van der Waals surface area (Å²) in [7, 11) is 0. The summed E-state index contributed by atoms with van der Waals surface area (Å²) in [5.74, 6) is 2.26. The second kappa shape index (κ2) is 7.66. The normalized spacial score (nSPS) is 20.8. The molecule has 0 aromatic heterocycles. The highest BCUT2D eigenvalue weighted by atomic mass is 16.5. The Labute approximate surface area is 133 Å². The van der Waals surface area contributed by atoms with Crippen LogP contribution in [0.3, 0.4) is 0 Å². The summed E-state index contributed by atoms with van der Waals surface area (Å²) in [5, 5.41) is 0. The van der Waals surface area contributed by atoms with Gasteiger partial charge in [0, 0.05) is 19.0 Å². The summed E-state index contributed by atoms with van der Waals surface area (Å²) in [6, 6.07) is 10.0. The first kappa shape index (κ1) is 15.4. The van der Waals surface area contributed by atoms with Gasteiger partial charge in [0.2, 0.25) is 5.91 Å². The van der Waals surface area contributed by atoms with Crippen molar-refractivity contribution in [1.82, 2.24) is 4.90 Å². The standard InChI is InChI=1S/C19H27NO2/c21-19(17-7-3-1-4-8-17)20-13-11-16(12-14-20)15-22-18-9-5-2-6-10-18/h2,5-6,9-10,16-17H,1,3-4,7-8,11-15H2. The predicted octanol–water partition coefficient (Wildman–Crippen LogP) is 3.88. The van der Waals surface area contributed by atoms with E-state index in [-0.39, 0.29) is 0 Å². The molecule has 22 heavy (non-hydrogen) atoms. The van der Waals surface area contributed by atoms with Crippen LogP contribution >= 0.6 is 0 Å². The van der Waals surface area contributed by atoms with E-state index in [1.807, 2.05) is 30.3 Å². The summed E-state index contributed by atoms with van der Waals surface area (Å²) >= 11 is 0. The van der Waals surface area contributed by atoms with Crippen LogP contribution in [0.25, 0.3) is 0 Å². The first-order valence-corrected chi connectivity index (χ1v) is 8.79. The average Bonchev–Trinajstić information content (AvgIpc) is 2.61. The largest absolute Gasteiger partial charge is 0.493 e. The fourth-order valence-corrected chi connectivity index (χ4v) is 3.66. The number of carbonyl (C=O) groups excluding carboxylic acids is 1. The highest BCUT2D eigenvalue weighted by molar-refractivity contribution is 5.79. The lowest BCUT2D eigenvalue weighted by Gasteiger charge is -2.35. The van der Waals surface area contributed by atoms with Crippen LogP contribution in [0, 0.1) is 11.8 Å². The molecule has 1 heterocycles. The molecule has 1 aliphatic carbocycles. The summed E-state index contributed by atoms with van der Waals surface area (Å²) in [5.41, 5.74) is 0. The quantitative estimate of drug-likeness (QED) is 0.844. The molecule has 1 aliphatic heterocycles. The molecule has 0 spiro atoms. The summed E-state index contributed by atoms with van der Waals surface area (Å²) in [6.45, 7) is 2.60. The molecular weight excluding hydrogens is 274 g/mol. The van der Waals surface area contributed by atoms with Gasteiger partial charge in [-0.25, -0.2) is 0 Å². The van der Waals surface area contributed by atoms with Crippen molar-refractivity contribution in [2.75, 3.05) is 19.7 Å². The summed E-state index contributed by atoms with van der Waals surface area (Å²) in [4.78, 5) is 14.6. The minimum absolute atomic E-state index is 0.311. The highest BCUT2D eigenvalue weighted by Gasteiger charge is 2.29. The van der Waals surface area contributed by atoms with Gasteiger partial charge in [-0.3, -0.25) is 4.79 Å². The monoisotopic (exact) mass is 301 g/mol. The number of benzene rings is 1. The van der Waals surface area contributed by atoms with E-state index < -0.39 is 0 Å². The first-order chi connectivity index (χ1) is 10.8. The van der Waals surface area contributed by atoms with Crippen LogP contribution in [-0.2, 0) is 4.79 Å². The van der Waals surface area contributed by atoms with E-state index in [4.69, 9.17) is 4.74 Å². The zero-order chi connectivity index (χ0) is 15.2. The van der Waals surface area contributed by atoms with Crippen LogP contribution < -0.4 is 4.74 Å². The molecule has 3 rings (SSSR count). The van der Waals surface area contributed by atoms with E-state index in [0.29, 0.717) is 17.7 Å². The molecule has 0 atom stereocenters. The molecular formula is C19H27NO2. The zero-order valence-corrected chi connectivity index (χ0v) is 13.4. The third-order valence-corrected chi connectivity index (χ3v) is 5.11. The lowest BCUT2D eigenvalue weighted by atomic mass is 9.87. The Kier molecular flexibility index (Phi) is 5.36. The van der Waals surface area contributed by atoms with Crippen molar-refractivity contribution in [2.24, 2.45) is 11.8 Å². The van der Waals surface area contributed by atoms with E-state index in [0.717, 1.165) is 51.1 Å². The smallest absolute Gasteiger partial charge is 0.225 e. The molecule has 0 N–H and O–H groups in total. The van der Waals surface area contributed by atoms with Gasteiger partial charge in [0.15, 0.2) is 0 Å². The predicted molar refractivity (Wildman–Crippen MR) is 87.8 cm³/mol. The van der Waals surface area contributed by atoms with Gasteiger partial charge in [0.1, 0.15) is 5.75 Å². The molecule has 3 nitrogen and oxygen atoms in total. The third kappa shape index (κ3) is 4.02. The van der Waals surface area contributed by atoms with Crippen LogP contribution in [-0.4, -0.2) is 30.5 Å². The highest BCUT2D eigenvalue weighted by Crippen LogP contribution is 2.27. The number of hydrogen-bond acceptors (Lipinski definition) is 2. The molecule has 1 saturated heterocycles. The van der Waals surface area contributed by atoms with Gasteiger partial charge >= 0.3 is 0 Å². The number of rotatable bonds is 4. The number of para-hydroxylation sites is 1. The lowest BCUT2D eigenvalue weighted by molar-refractivity contribution is -0.138. The SMILES string of the molecule is O=C(C1CCCCC1)N1CCC(COc2ccccc2)CC1. The molecule has 0 radical (unpaired) electrons. The van der Waals surface area contributed by atoms with Gasteiger partial charge in [0.25, 0.3) is 0 Å². The van der Waals surface area contributed by atoms with Gasteiger partial charge < -0.3 is 9.64 Å². The number of ether oxygens (including phenoxy) is 1. The second-order valence-electron chi connectivity index (χ2n) is 6.73. The minimum Gasteiger partial charge on any atom is -0.493 e. The average molecular weight is 301 g/mol. The molecule has 0 bridgehead atoms. The molecule has 1 saturated carbocycles. The van der Waals surface area contributed by atoms with Crippen molar-refractivity contribution in [1.29, 1.82) is 0 Å². The van der Waals surface area contributed by atoms with Crippen molar-refractivity contribution in [3.8, 4) is 5.75 Å². The maximum atomic E-state index is 12.5. The number of carbonyl (C=O) groups is 1. The summed E-state index contributed by atoms with van der Waals surface area (Å²) in [6.07, 6.45) is 8.14. The van der Waals surface area contributed by atoms with E-state index in [1.54, 1.807) is 0 Å². The van der Waals surface area contributed by atoms with E-state index in [2.05, 4.69) is 4.90 Å². The second-order valence-corrected chi connectivity index (χ2v) is 6.73. The number of likely N-dealkylation sites (tertiary alicyclic amines) is 1. The Morgan fingerprint density at radius 3 is 2.36 bits per heavy atom. The minimum atomic E-state index is 0.311. The number of hydrogen-bond donors (Lipinski definition) is 0. The Hall–Kier alpha value is -1.51. The lowest BCUT2D eigenvalue weighted by Crippen LogP contribution is -2.43. The fraction of sp³-hybridized carbons (Fsp3) is 0.632. The van der Waals surface area contributed by atoms with Crippen LogP contribution in [0.2, 0.25) is 0 Å². The van der Waals surface area contributed by atoms with Crippen molar-refractivity contribution >= 4 is 5.91 Å². The van der Waals surface area contributed by atoms with E-state index >= 15 is 0 Å². The molecule has 0 unspecified atom stereocenters. The van der Waals surface area contributed by atoms with Crippen LogP contribution in [0.4, 0.5) is 0 Å². The Morgan fingerprint density at radius 2 is 1.68 bits per heavy atom. The van der Waals surface area contributed by atoms with Gasteiger partial charge in [0.05, 0.1) is 6.61 Å². The van der Waals surface area contributed by atoms with E-state index in [9.17, 15) is 4.79 Å². The molecule has 3 heteroatoms.